The van der Waals surface area contributed by atoms with Gasteiger partial charge in [0.1, 0.15) is 6.10 Å². The minimum absolute atomic E-state index is 0.135. The summed E-state index contributed by atoms with van der Waals surface area (Å²) in [5.41, 5.74) is 5.45. The molecule has 0 amide bonds. The first-order valence-corrected chi connectivity index (χ1v) is 7.45. The summed E-state index contributed by atoms with van der Waals surface area (Å²) in [7, 11) is 0. The van der Waals surface area contributed by atoms with E-state index < -0.39 is 0 Å². The molecule has 0 saturated carbocycles. The molecule has 0 aromatic heterocycles. The van der Waals surface area contributed by atoms with Gasteiger partial charge in [-0.25, -0.2) is 0 Å². The Morgan fingerprint density at radius 3 is 2.64 bits per heavy atom. The molecule has 2 aromatic carbocycles. The van der Waals surface area contributed by atoms with E-state index in [1.165, 1.54) is 16.7 Å². The molecule has 1 aliphatic rings. The zero-order valence-electron chi connectivity index (χ0n) is 13.0. The highest BCUT2D eigenvalue weighted by molar-refractivity contribution is 5.46. The number of nitro benzene ring substituents is 1. The number of fused-ring (bicyclic) bond motifs is 1. The van der Waals surface area contributed by atoms with Crippen LogP contribution in [-0.2, 0) is 11.2 Å². The zero-order valence-corrected chi connectivity index (χ0v) is 13.0. The number of nitrogens with zero attached hydrogens (tertiary/aromatic N) is 1. The summed E-state index contributed by atoms with van der Waals surface area (Å²) < 4.78 is 6.14. The van der Waals surface area contributed by atoms with Gasteiger partial charge in [0.2, 0.25) is 0 Å². The van der Waals surface area contributed by atoms with Crippen LogP contribution in [0.1, 0.15) is 40.8 Å². The molecule has 2 atom stereocenters. The van der Waals surface area contributed by atoms with E-state index in [1.807, 2.05) is 6.07 Å². The summed E-state index contributed by atoms with van der Waals surface area (Å²) in [4.78, 5) is 10.6. The van der Waals surface area contributed by atoms with Gasteiger partial charge in [-0.1, -0.05) is 23.8 Å². The Labute approximate surface area is 129 Å². The maximum absolute atomic E-state index is 11.0. The third-order valence-electron chi connectivity index (χ3n) is 4.18. The average Bonchev–Trinajstić information content (AvgIpc) is 2.46. The molecule has 2 unspecified atom stereocenters. The Morgan fingerprint density at radius 1 is 1.18 bits per heavy atom. The van der Waals surface area contributed by atoms with Crippen molar-refractivity contribution < 1.29 is 9.66 Å². The van der Waals surface area contributed by atoms with Crippen LogP contribution in [0.4, 0.5) is 5.69 Å². The predicted octanol–water partition coefficient (Wildman–Crippen LogP) is 4.26. The highest BCUT2D eigenvalue weighted by atomic mass is 16.6. The van der Waals surface area contributed by atoms with E-state index in [1.54, 1.807) is 19.1 Å². The number of ether oxygens (including phenoxy) is 1. The van der Waals surface area contributed by atoms with Crippen molar-refractivity contribution in [1.82, 2.24) is 0 Å². The normalized spacial score (nSPS) is 20.5. The molecule has 0 aliphatic carbocycles. The Balaban J connectivity index is 2.07. The molecule has 1 heterocycles. The fourth-order valence-corrected chi connectivity index (χ4v) is 3.11. The molecular formula is C18H19NO3. The molecule has 0 fully saturated rings. The van der Waals surface area contributed by atoms with Gasteiger partial charge in [0.05, 0.1) is 11.0 Å². The third kappa shape index (κ3) is 2.62. The molecule has 0 saturated heterocycles. The van der Waals surface area contributed by atoms with Gasteiger partial charge < -0.3 is 4.74 Å². The summed E-state index contributed by atoms with van der Waals surface area (Å²) in [5.74, 6) is 0. The van der Waals surface area contributed by atoms with Crippen LogP contribution in [0.2, 0.25) is 0 Å². The minimum Gasteiger partial charge on any atom is -0.365 e. The van der Waals surface area contributed by atoms with E-state index in [4.69, 9.17) is 4.74 Å². The molecule has 114 valence electrons. The smallest absolute Gasteiger partial charge is 0.272 e. The Morgan fingerprint density at radius 2 is 1.95 bits per heavy atom. The SMILES string of the molecule is Cc1ccc2c(c1)C(c1ccc([N+](=O)[O-])c(C)c1)OC(C)C2. The van der Waals surface area contributed by atoms with Crippen LogP contribution in [0.5, 0.6) is 0 Å². The third-order valence-corrected chi connectivity index (χ3v) is 4.18. The standard InChI is InChI=1S/C18H19NO3/c1-11-4-5-14-10-13(3)22-18(16(14)8-11)15-6-7-17(19(20)21)12(2)9-15/h4-9,13,18H,10H2,1-3H3. The summed E-state index contributed by atoms with van der Waals surface area (Å²) in [6.07, 6.45) is 0.881. The lowest BCUT2D eigenvalue weighted by atomic mass is 9.89. The second kappa shape index (κ2) is 5.54. The monoisotopic (exact) mass is 297 g/mol. The Bertz CT molecular complexity index is 739. The first-order valence-electron chi connectivity index (χ1n) is 7.45. The van der Waals surface area contributed by atoms with E-state index in [0.29, 0.717) is 5.56 Å². The molecule has 0 radical (unpaired) electrons. The van der Waals surface area contributed by atoms with Crippen LogP contribution in [-0.4, -0.2) is 11.0 Å². The van der Waals surface area contributed by atoms with Gasteiger partial charge in [0, 0.05) is 11.6 Å². The van der Waals surface area contributed by atoms with Crippen molar-refractivity contribution in [3.63, 3.8) is 0 Å². The van der Waals surface area contributed by atoms with Crippen LogP contribution in [0.15, 0.2) is 36.4 Å². The Hall–Kier alpha value is -2.20. The molecule has 3 rings (SSSR count). The number of nitro groups is 1. The molecule has 2 aromatic rings. The molecule has 0 spiro atoms. The maximum Gasteiger partial charge on any atom is 0.272 e. The fraction of sp³-hybridized carbons (Fsp3) is 0.333. The maximum atomic E-state index is 11.0. The van der Waals surface area contributed by atoms with Crippen molar-refractivity contribution in [3.05, 3.63) is 74.3 Å². The van der Waals surface area contributed by atoms with Crippen molar-refractivity contribution in [2.75, 3.05) is 0 Å². The number of aryl methyl sites for hydroxylation is 2. The highest BCUT2D eigenvalue weighted by Gasteiger charge is 2.27. The van der Waals surface area contributed by atoms with Crippen LogP contribution in [0.3, 0.4) is 0 Å². The quantitative estimate of drug-likeness (QED) is 0.614. The van der Waals surface area contributed by atoms with Gasteiger partial charge in [0.15, 0.2) is 0 Å². The van der Waals surface area contributed by atoms with Crippen LogP contribution in [0, 0.1) is 24.0 Å². The highest BCUT2D eigenvalue weighted by Crippen LogP contribution is 2.37. The zero-order chi connectivity index (χ0) is 15.9. The molecule has 22 heavy (non-hydrogen) atoms. The lowest BCUT2D eigenvalue weighted by molar-refractivity contribution is -0.385. The lowest BCUT2D eigenvalue weighted by Gasteiger charge is -2.31. The second-order valence-corrected chi connectivity index (χ2v) is 6.04. The largest absolute Gasteiger partial charge is 0.365 e. The number of hydrogen-bond acceptors (Lipinski definition) is 3. The number of rotatable bonds is 2. The van der Waals surface area contributed by atoms with Gasteiger partial charge in [-0.2, -0.15) is 0 Å². The molecule has 4 heteroatoms. The summed E-state index contributed by atoms with van der Waals surface area (Å²) in [5, 5.41) is 11.0. The van der Waals surface area contributed by atoms with E-state index in [-0.39, 0.29) is 22.8 Å². The first kappa shape index (κ1) is 14.7. The second-order valence-electron chi connectivity index (χ2n) is 6.04. The van der Waals surface area contributed by atoms with E-state index in [2.05, 4.69) is 32.0 Å². The van der Waals surface area contributed by atoms with Gasteiger partial charge in [0.25, 0.3) is 5.69 Å². The lowest BCUT2D eigenvalue weighted by Crippen LogP contribution is -2.24. The van der Waals surface area contributed by atoms with Crippen molar-refractivity contribution in [2.45, 2.75) is 39.4 Å². The number of hydrogen-bond donors (Lipinski definition) is 0. The van der Waals surface area contributed by atoms with Crippen LogP contribution in [0.25, 0.3) is 0 Å². The van der Waals surface area contributed by atoms with Gasteiger partial charge >= 0.3 is 0 Å². The van der Waals surface area contributed by atoms with Crippen LogP contribution < -0.4 is 0 Å². The first-order chi connectivity index (χ1) is 10.5. The fourth-order valence-electron chi connectivity index (χ4n) is 3.11. The van der Waals surface area contributed by atoms with Crippen molar-refractivity contribution in [3.8, 4) is 0 Å². The van der Waals surface area contributed by atoms with E-state index in [0.717, 1.165) is 12.0 Å². The van der Waals surface area contributed by atoms with Gasteiger partial charge in [-0.3, -0.25) is 10.1 Å². The predicted molar refractivity (Wildman–Crippen MR) is 85.1 cm³/mol. The van der Waals surface area contributed by atoms with Crippen LogP contribution >= 0.6 is 0 Å². The summed E-state index contributed by atoms with van der Waals surface area (Å²) in [6, 6.07) is 11.7. The summed E-state index contributed by atoms with van der Waals surface area (Å²) >= 11 is 0. The molecule has 0 N–H and O–H groups in total. The van der Waals surface area contributed by atoms with Gasteiger partial charge in [-0.15, -0.1) is 0 Å². The van der Waals surface area contributed by atoms with Gasteiger partial charge in [-0.05, 0) is 56.0 Å². The van der Waals surface area contributed by atoms with E-state index >= 15 is 0 Å². The van der Waals surface area contributed by atoms with Crippen molar-refractivity contribution in [2.24, 2.45) is 0 Å². The Kier molecular flexibility index (Phi) is 3.71. The topological polar surface area (TPSA) is 52.4 Å². The molecule has 1 aliphatic heterocycles. The van der Waals surface area contributed by atoms with E-state index in [9.17, 15) is 10.1 Å². The average molecular weight is 297 g/mol. The van der Waals surface area contributed by atoms with Crippen molar-refractivity contribution >= 4 is 5.69 Å². The van der Waals surface area contributed by atoms with Crippen molar-refractivity contribution in [1.29, 1.82) is 0 Å². The molecular weight excluding hydrogens is 278 g/mol. The molecule has 4 nitrogen and oxygen atoms in total. The molecule has 0 bridgehead atoms. The number of benzene rings is 2. The minimum atomic E-state index is -0.346. The summed E-state index contributed by atoms with van der Waals surface area (Å²) in [6.45, 7) is 5.90.